The molecule has 2 heterocycles. The summed E-state index contributed by atoms with van der Waals surface area (Å²) in [4.78, 5) is 18.6. The number of halogens is 1. The lowest BCUT2D eigenvalue weighted by Crippen LogP contribution is -2.46. The Balaban J connectivity index is 1.40. The third-order valence-electron chi connectivity index (χ3n) is 4.97. The smallest absolute Gasteiger partial charge is 0.225 e. The number of ether oxygens (including phenoxy) is 1. The van der Waals surface area contributed by atoms with Crippen molar-refractivity contribution in [3.63, 3.8) is 0 Å². The highest BCUT2D eigenvalue weighted by Crippen LogP contribution is 2.30. The third kappa shape index (κ3) is 3.58. The van der Waals surface area contributed by atoms with Crippen molar-refractivity contribution in [1.29, 1.82) is 0 Å². The Morgan fingerprint density at radius 1 is 1.28 bits per heavy atom. The maximum absolute atomic E-state index is 13.0. The van der Waals surface area contributed by atoms with Crippen molar-refractivity contribution in [2.24, 2.45) is 5.92 Å². The number of benzene rings is 1. The SMILES string of the molecule is O=C(C1CCC1)N1CCO[C@H](c2ncc(Cc3ccc(F)cc3)o2)C1. The van der Waals surface area contributed by atoms with Gasteiger partial charge in [-0.3, -0.25) is 4.79 Å². The fourth-order valence-corrected chi connectivity index (χ4v) is 3.27. The minimum absolute atomic E-state index is 0.192. The van der Waals surface area contributed by atoms with Gasteiger partial charge < -0.3 is 14.1 Å². The molecule has 1 aliphatic heterocycles. The lowest BCUT2D eigenvalue weighted by atomic mass is 9.84. The van der Waals surface area contributed by atoms with Gasteiger partial charge in [0.15, 0.2) is 6.10 Å². The van der Waals surface area contributed by atoms with Gasteiger partial charge in [0.1, 0.15) is 11.6 Å². The molecule has 0 spiro atoms. The first-order valence-corrected chi connectivity index (χ1v) is 8.78. The highest BCUT2D eigenvalue weighted by Gasteiger charge is 2.34. The summed E-state index contributed by atoms with van der Waals surface area (Å²) >= 11 is 0. The molecule has 0 unspecified atom stereocenters. The maximum Gasteiger partial charge on any atom is 0.225 e. The van der Waals surface area contributed by atoms with E-state index in [9.17, 15) is 9.18 Å². The van der Waals surface area contributed by atoms with E-state index < -0.39 is 0 Å². The molecule has 1 aromatic heterocycles. The van der Waals surface area contributed by atoms with Gasteiger partial charge in [0.25, 0.3) is 0 Å². The van der Waals surface area contributed by atoms with E-state index in [1.54, 1.807) is 18.3 Å². The van der Waals surface area contributed by atoms with Crippen LogP contribution in [-0.2, 0) is 16.0 Å². The second-order valence-corrected chi connectivity index (χ2v) is 6.74. The van der Waals surface area contributed by atoms with E-state index in [1.807, 2.05) is 4.90 Å². The van der Waals surface area contributed by atoms with Gasteiger partial charge in [-0.1, -0.05) is 18.6 Å². The van der Waals surface area contributed by atoms with Gasteiger partial charge in [0.2, 0.25) is 11.8 Å². The summed E-state index contributed by atoms with van der Waals surface area (Å²) in [5.74, 6) is 1.37. The second-order valence-electron chi connectivity index (χ2n) is 6.74. The van der Waals surface area contributed by atoms with E-state index >= 15 is 0 Å². The van der Waals surface area contributed by atoms with E-state index in [0.29, 0.717) is 37.8 Å². The summed E-state index contributed by atoms with van der Waals surface area (Å²) in [6.07, 6.45) is 5.05. The predicted molar refractivity (Wildman–Crippen MR) is 88.3 cm³/mol. The molecule has 132 valence electrons. The van der Waals surface area contributed by atoms with Crippen LogP contribution in [0.2, 0.25) is 0 Å². The van der Waals surface area contributed by atoms with Crippen LogP contribution in [0.3, 0.4) is 0 Å². The molecule has 1 atom stereocenters. The Hall–Kier alpha value is -2.21. The summed E-state index contributed by atoms with van der Waals surface area (Å²) < 4.78 is 24.6. The second kappa shape index (κ2) is 6.96. The summed E-state index contributed by atoms with van der Waals surface area (Å²) in [7, 11) is 0. The van der Waals surface area contributed by atoms with Crippen LogP contribution in [0.5, 0.6) is 0 Å². The van der Waals surface area contributed by atoms with Crippen molar-refractivity contribution in [3.8, 4) is 0 Å². The Kier molecular flexibility index (Phi) is 4.53. The number of oxazole rings is 1. The number of carbonyl (C=O) groups is 1. The monoisotopic (exact) mass is 344 g/mol. The Labute approximate surface area is 145 Å². The van der Waals surface area contributed by atoms with E-state index in [1.165, 1.54) is 12.1 Å². The number of morpholine rings is 1. The van der Waals surface area contributed by atoms with Crippen LogP contribution in [0.4, 0.5) is 4.39 Å². The average Bonchev–Trinajstić information content (AvgIpc) is 3.04. The zero-order valence-corrected chi connectivity index (χ0v) is 14.0. The number of aromatic nitrogens is 1. The number of amides is 1. The van der Waals surface area contributed by atoms with Gasteiger partial charge in [-0.15, -0.1) is 0 Å². The zero-order chi connectivity index (χ0) is 17.2. The van der Waals surface area contributed by atoms with Crippen LogP contribution in [0, 0.1) is 11.7 Å². The molecule has 1 aliphatic carbocycles. The Morgan fingerprint density at radius 3 is 2.80 bits per heavy atom. The first kappa shape index (κ1) is 16.3. The highest BCUT2D eigenvalue weighted by molar-refractivity contribution is 5.79. The molecule has 1 aromatic carbocycles. The summed E-state index contributed by atoms with van der Waals surface area (Å²) in [5, 5.41) is 0. The summed E-state index contributed by atoms with van der Waals surface area (Å²) in [5.41, 5.74) is 0.954. The van der Waals surface area contributed by atoms with Crippen LogP contribution in [0.15, 0.2) is 34.9 Å². The molecule has 0 bridgehead atoms. The molecule has 1 saturated heterocycles. The van der Waals surface area contributed by atoms with E-state index in [0.717, 1.165) is 24.8 Å². The standard InChI is InChI=1S/C19H21FN2O3/c20-15-6-4-13(5-7-15)10-16-11-21-18(25-16)17-12-22(8-9-24-17)19(23)14-2-1-3-14/h4-7,11,14,17H,1-3,8-10,12H2/t17-/m0/s1. The highest BCUT2D eigenvalue weighted by atomic mass is 19.1. The number of rotatable bonds is 4. The van der Waals surface area contributed by atoms with Crippen molar-refractivity contribution in [3.05, 3.63) is 53.5 Å². The van der Waals surface area contributed by atoms with Gasteiger partial charge in [-0.25, -0.2) is 9.37 Å². The molecular weight excluding hydrogens is 323 g/mol. The van der Waals surface area contributed by atoms with Crippen LogP contribution in [0.25, 0.3) is 0 Å². The molecule has 0 N–H and O–H groups in total. The molecule has 2 aliphatic rings. The molecule has 0 radical (unpaired) electrons. The number of carbonyl (C=O) groups excluding carboxylic acids is 1. The lowest BCUT2D eigenvalue weighted by molar-refractivity contribution is -0.146. The van der Waals surface area contributed by atoms with E-state index in [4.69, 9.17) is 9.15 Å². The quantitative estimate of drug-likeness (QED) is 0.855. The summed E-state index contributed by atoms with van der Waals surface area (Å²) in [6.45, 7) is 1.62. The third-order valence-corrected chi connectivity index (χ3v) is 4.97. The maximum atomic E-state index is 13.0. The van der Waals surface area contributed by atoms with E-state index in [2.05, 4.69) is 4.98 Å². The molecule has 2 fully saturated rings. The van der Waals surface area contributed by atoms with Crippen molar-refractivity contribution < 1.29 is 18.3 Å². The molecule has 1 amide bonds. The van der Waals surface area contributed by atoms with Crippen LogP contribution in [0.1, 0.15) is 42.6 Å². The van der Waals surface area contributed by atoms with Gasteiger partial charge in [0.05, 0.1) is 19.3 Å². The fourth-order valence-electron chi connectivity index (χ4n) is 3.27. The Morgan fingerprint density at radius 2 is 2.08 bits per heavy atom. The number of hydrogen-bond acceptors (Lipinski definition) is 4. The molecule has 2 aromatic rings. The zero-order valence-electron chi connectivity index (χ0n) is 14.0. The average molecular weight is 344 g/mol. The number of nitrogens with zero attached hydrogens (tertiary/aromatic N) is 2. The van der Waals surface area contributed by atoms with Gasteiger partial charge >= 0.3 is 0 Å². The molecule has 1 saturated carbocycles. The van der Waals surface area contributed by atoms with Gasteiger partial charge in [0, 0.05) is 18.9 Å². The molecule has 4 rings (SSSR count). The molecular formula is C19H21FN2O3. The fraction of sp³-hybridized carbons (Fsp3) is 0.474. The van der Waals surface area contributed by atoms with Crippen molar-refractivity contribution >= 4 is 5.91 Å². The van der Waals surface area contributed by atoms with Crippen molar-refractivity contribution in [2.75, 3.05) is 19.7 Å². The minimum atomic E-state index is -0.320. The molecule has 5 nitrogen and oxygen atoms in total. The summed E-state index contributed by atoms with van der Waals surface area (Å²) in [6, 6.07) is 6.32. The molecule has 6 heteroatoms. The molecule has 25 heavy (non-hydrogen) atoms. The van der Waals surface area contributed by atoms with E-state index in [-0.39, 0.29) is 23.7 Å². The van der Waals surface area contributed by atoms with Crippen molar-refractivity contribution in [2.45, 2.75) is 31.8 Å². The lowest BCUT2D eigenvalue weighted by Gasteiger charge is -2.36. The van der Waals surface area contributed by atoms with Crippen molar-refractivity contribution in [1.82, 2.24) is 9.88 Å². The van der Waals surface area contributed by atoms with Gasteiger partial charge in [-0.05, 0) is 30.5 Å². The van der Waals surface area contributed by atoms with Gasteiger partial charge in [-0.2, -0.15) is 0 Å². The predicted octanol–water partition coefficient (Wildman–Crippen LogP) is 3.10. The topological polar surface area (TPSA) is 55.6 Å². The minimum Gasteiger partial charge on any atom is -0.442 e. The Bertz CT molecular complexity index is 739. The first-order valence-electron chi connectivity index (χ1n) is 8.78. The van der Waals surface area contributed by atoms with Crippen LogP contribution < -0.4 is 0 Å². The van der Waals surface area contributed by atoms with Crippen LogP contribution >= 0.6 is 0 Å². The van der Waals surface area contributed by atoms with Crippen LogP contribution in [-0.4, -0.2) is 35.5 Å². The number of hydrogen-bond donors (Lipinski definition) is 0. The normalized spacial score (nSPS) is 21.2. The largest absolute Gasteiger partial charge is 0.442 e. The first-order chi connectivity index (χ1) is 12.2.